The van der Waals surface area contributed by atoms with E-state index in [1.54, 1.807) is 0 Å². The average molecular weight is 184 g/mol. The summed E-state index contributed by atoms with van der Waals surface area (Å²) in [6.45, 7) is 5.76. The van der Waals surface area contributed by atoms with Gasteiger partial charge in [0.1, 0.15) is 6.17 Å². The van der Waals surface area contributed by atoms with E-state index in [9.17, 15) is 4.79 Å². The number of hydrogen-bond acceptors (Lipinski definition) is 3. The molecule has 74 valence electrons. The first-order valence-electron chi connectivity index (χ1n) is 4.60. The zero-order valence-corrected chi connectivity index (χ0v) is 8.10. The van der Waals surface area contributed by atoms with Gasteiger partial charge in [0.25, 0.3) is 0 Å². The number of nitrogens with zero attached hydrogens (tertiary/aromatic N) is 2. The van der Waals surface area contributed by atoms with Crippen molar-refractivity contribution in [2.45, 2.75) is 26.4 Å². The largest absolute Gasteiger partial charge is 0.481 e. The molecule has 0 aromatic heterocycles. The lowest BCUT2D eigenvalue weighted by atomic mass is 10.3. The van der Waals surface area contributed by atoms with E-state index in [1.165, 1.54) is 0 Å². The maximum Gasteiger partial charge on any atom is 0.307 e. The van der Waals surface area contributed by atoms with Crippen LogP contribution in [0.2, 0.25) is 0 Å². The molecule has 1 heterocycles. The Balaban J connectivity index is 2.60. The first-order valence-corrected chi connectivity index (χ1v) is 4.60. The molecule has 0 aromatic carbocycles. The summed E-state index contributed by atoms with van der Waals surface area (Å²) in [4.78, 5) is 14.7. The Labute approximate surface area is 78.4 Å². The Bertz CT molecular complexity index is 202. The van der Waals surface area contributed by atoms with Crippen molar-refractivity contribution in [3.05, 3.63) is 12.4 Å². The number of carboxylic acid groups (broad SMARTS) is 1. The van der Waals surface area contributed by atoms with Gasteiger partial charge >= 0.3 is 5.97 Å². The van der Waals surface area contributed by atoms with Crippen LogP contribution in [-0.4, -0.2) is 40.1 Å². The molecule has 0 atom stereocenters. The molecule has 13 heavy (non-hydrogen) atoms. The highest BCUT2D eigenvalue weighted by molar-refractivity contribution is 5.67. The standard InChI is InChI=1S/C9H16N2O2/c1-3-10-5-6-11(4-2)8(10)7-9(12)13/h5-6,8H,3-4,7H2,1-2H3,(H,12,13). The Hall–Kier alpha value is -1.19. The number of carboxylic acids is 1. The zero-order valence-electron chi connectivity index (χ0n) is 8.10. The summed E-state index contributed by atoms with van der Waals surface area (Å²) in [6, 6.07) is 0. The zero-order chi connectivity index (χ0) is 9.84. The van der Waals surface area contributed by atoms with Crippen molar-refractivity contribution < 1.29 is 9.90 Å². The fourth-order valence-electron chi connectivity index (χ4n) is 1.58. The second-order valence-corrected chi connectivity index (χ2v) is 3.04. The van der Waals surface area contributed by atoms with Gasteiger partial charge in [0.05, 0.1) is 6.42 Å². The van der Waals surface area contributed by atoms with Crippen molar-refractivity contribution >= 4 is 5.97 Å². The van der Waals surface area contributed by atoms with Gasteiger partial charge in [0.2, 0.25) is 0 Å². The van der Waals surface area contributed by atoms with Crippen LogP contribution < -0.4 is 0 Å². The molecule has 0 saturated heterocycles. The highest BCUT2D eigenvalue weighted by Crippen LogP contribution is 2.17. The molecule has 1 aliphatic heterocycles. The van der Waals surface area contributed by atoms with Gasteiger partial charge in [0, 0.05) is 25.5 Å². The Kier molecular flexibility index (Phi) is 3.17. The summed E-state index contributed by atoms with van der Waals surface area (Å²) >= 11 is 0. The number of rotatable bonds is 4. The first kappa shape index (κ1) is 9.89. The Morgan fingerprint density at radius 2 is 1.77 bits per heavy atom. The maximum atomic E-state index is 10.6. The lowest BCUT2D eigenvalue weighted by molar-refractivity contribution is -0.139. The third-order valence-corrected chi connectivity index (χ3v) is 2.30. The van der Waals surface area contributed by atoms with E-state index in [0.29, 0.717) is 0 Å². The molecule has 4 heteroatoms. The van der Waals surface area contributed by atoms with E-state index in [-0.39, 0.29) is 12.6 Å². The molecule has 1 rings (SSSR count). The summed E-state index contributed by atoms with van der Waals surface area (Å²) in [5.74, 6) is -0.745. The molecule has 0 saturated carbocycles. The Morgan fingerprint density at radius 3 is 2.08 bits per heavy atom. The highest BCUT2D eigenvalue weighted by Gasteiger charge is 2.25. The highest BCUT2D eigenvalue weighted by atomic mass is 16.4. The molecule has 0 radical (unpaired) electrons. The molecule has 0 aliphatic carbocycles. The van der Waals surface area contributed by atoms with Gasteiger partial charge in [-0.2, -0.15) is 0 Å². The SMILES string of the molecule is CCN1C=CN(CC)C1CC(=O)O. The van der Waals surface area contributed by atoms with Crippen molar-refractivity contribution in [2.24, 2.45) is 0 Å². The third kappa shape index (κ3) is 2.14. The molecule has 4 nitrogen and oxygen atoms in total. The van der Waals surface area contributed by atoms with Crippen LogP contribution in [0.5, 0.6) is 0 Å². The van der Waals surface area contributed by atoms with Crippen molar-refractivity contribution in [1.29, 1.82) is 0 Å². The number of carbonyl (C=O) groups is 1. The molecule has 0 amide bonds. The maximum absolute atomic E-state index is 10.6. The van der Waals surface area contributed by atoms with Gasteiger partial charge < -0.3 is 14.9 Å². The second kappa shape index (κ2) is 4.16. The molecule has 1 aliphatic rings. The molecular formula is C9H16N2O2. The van der Waals surface area contributed by atoms with Gasteiger partial charge in [-0.1, -0.05) is 0 Å². The van der Waals surface area contributed by atoms with Crippen LogP contribution in [0.25, 0.3) is 0 Å². The normalized spacial score (nSPS) is 17.1. The van der Waals surface area contributed by atoms with Crippen LogP contribution >= 0.6 is 0 Å². The summed E-state index contributed by atoms with van der Waals surface area (Å²) in [6.07, 6.45) is 4.09. The fourth-order valence-corrected chi connectivity index (χ4v) is 1.58. The minimum absolute atomic E-state index is 0.00694. The monoisotopic (exact) mass is 184 g/mol. The van der Waals surface area contributed by atoms with E-state index >= 15 is 0 Å². The van der Waals surface area contributed by atoms with Crippen LogP contribution in [0, 0.1) is 0 Å². The minimum Gasteiger partial charge on any atom is -0.481 e. The smallest absolute Gasteiger partial charge is 0.307 e. The van der Waals surface area contributed by atoms with Crippen LogP contribution in [-0.2, 0) is 4.79 Å². The fraction of sp³-hybridized carbons (Fsp3) is 0.667. The van der Waals surface area contributed by atoms with Crippen molar-refractivity contribution in [2.75, 3.05) is 13.1 Å². The predicted octanol–water partition coefficient (Wildman–Crippen LogP) is 0.916. The quantitative estimate of drug-likeness (QED) is 0.705. The molecule has 0 spiro atoms. The number of aliphatic carboxylic acids is 1. The average Bonchev–Trinajstić information content (AvgIpc) is 2.46. The summed E-state index contributed by atoms with van der Waals surface area (Å²) in [5.41, 5.74) is 0. The van der Waals surface area contributed by atoms with Crippen LogP contribution in [0.15, 0.2) is 12.4 Å². The molecular weight excluding hydrogens is 168 g/mol. The molecule has 0 aromatic rings. The number of hydrogen-bond donors (Lipinski definition) is 1. The van der Waals surface area contributed by atoms with Gasteiger partial charge in [0.15, 0.2) is 0 Å². The van der Waals surface area contributed by atoms with Crippen molar-refractivity contribution in [1.82, 2.24) is 9.80 Å². The summed E-state index contributed by atoms with van der Waals surface area (Å²) in [5, 5.41) is 8.72. The van der Waals surface area contributed by atoms with E-state index < -0.39 is 5.97 Å². The first-order chi connectivity index (χ1) is 6.19. The van der Waals surface area contributed by atoms with Crippen molar-refractivity contribution in [3.63, 3.8) is 0 Å². The van der Waals surface area contributed by atoms with E-state index in [1.807, 2.05) is 36.0 Å². The lowest BCUT2D eigenvalue weighted by Gasteiger charge is -2.30. The van der Waals surface area contributed by atoms with E-state index in [2.05, 4.69) is 0 Å². The topological polar surface area (TPSA) is 43.8 Å². The van der Waals surface area contributed by atoms with Crippen LogP contribution in [0.4, 0.5) is 0 Å². The van der Waals surface area contributed by atoms with E-state index in [4.69, 9.17) is 5.11 Å². The molecule has 0 fully saturated rings. The predicted molar refractivity (Wildman–Crippen MR) is 49.9 cm³/mol. The molecule has 0 bridgehead atoms. The minimum atomic E-state index is -0.745. The van der Waals surface area contributed by atoms with Gasteiger partial charge in [-0.3, -0.25) is 4.79 Å². The summed E-state index contributed by atoms with van der Waals surface area (Å²) in [7, 11) is 0. The summed E-state index contributed by atoms with van der Waals surface area (Å²) < 4.78 is 0. The lowest BCUT2D eigenvalue weighted by Crippen LogP contribution is -2.39. The van der Waals surface area contributed by atoms with Gasteiger partial charge in [-0.25, -0.2) is 0 Å². The van der Waals surface area contributed by atoms with Crippen LogP contribution in [0.1, 0.15) is 20.3 Å². The molecule has 0 unspecified atom stereocenters. The third-order valence-electron chi connectivity index (χ3n) is 2.30. The van der Waals surface area contributed by atoms with Gasteiger partial charge in [-0.15, -0.1) is 0 Å². The van der Waals surface area contributed by atoms with Crippen molar-refractivity contribution in [3.8, 4) is 0 Å². The van der Waals surface area contributed by atoms with Gasteiger partial charge in [-0.05, 0) is 13.8 Å². The second-order valence-electron chi connectivity index (χ2n) is 3.04. The Morgan fingerprint density at radius 1 is 1.31 bits per heavy atom. The van der Waals surface area contributed by atoms with E-state index in [0.717, 1.165) is 13.1 Å². The van der Waals surface area contributed by atoms with Crippen LogP contribution in [0.3, 0.4) is 0 Å². The molecule has 1 N–H and O–H groups in total.